The van der Waals surface area contributed by atoms with Crippen molar-refractivity contribution in [2.45, 2.75) is 52.4 Å². The van der Waals surface area contributed by atoms with Gasteiger partial charge >= 0.3 is 0 Å². The second kappa shape index (κ2) is 6.97. The van der Waals surface area contributed by atoms with Crippen LogP contribution in [0.25, 0.3) is 0 Å². The molecule has 4 nitrogen and oxygen atoms in total. The summed E-state index contributed by atoms with van der Waals surface area (Å²) in [6, 6.07) is 0. The number of hydrogen-bond donors (Lipinski definition) is 0. The van der Waals surface area contributed by atoms with Gasteiger partial charge in [0.05, 0.1) is 0 Å². The lowest BCUT2D eigenvalue weighted by atomic mass is 9.47. The summed E-state index contributed by atoms with van der Waals surface area (Å²) in [6.45, 7) is 5.04. The van der Waals surface area contributed by atoms with E-state index in [-0.39, 0.29) is 41.7 Å². The van der Waals surface area contributed by atoms with Gasteiger partial charge in [0.1, 0.15) is 13.4 Å². The molecular weight excluding hydrogens is 340 g/mol. The number of Topliss-reactive ketones (excluding diaryl/α,β-unsaturated/α-hetero) is 1. The van der Waals surface area contributed by atoms with Gasteiger partial charge in [0.2, 0.25) is 0 Å². The fourth-order valence-corrected chi connectivity index (χ4v) is 7.05. The van der Waals surface area contributed by atoms with Gasteiger partial charge in [-0.2, -0.15) is 0 Å². The van der Waals surface area contributed by atoms with E-state index < -0.39 is 0 Å². The quantitative estimate of drug-likeness (QED) is 0.538. The number of methoxy groups -OCH3 is 1. The number of hydrogen-bond acceptors (Lipinski definition) is 4. The molecule has 0 heterocycles. The molecule has 0 aromatic carbocycles. The number of fused-ring (bicyclic) bond motifs is 5. The number of ketones is 2. The molecule has 4 rings (SSSR count). The first-order valence-electron chi connectivity index (χ1n) is 10.4. The molecule has 0 aromatic rings. The first kappa shape index (κ1) is 19.1. The van der Waals surface area contributed by atoms with Crippen LogP contribution in [0.3, 0.4) is 0 Å². The highest BCUT2D eigenvalue weighted by Gasteiger charge is 2.59. The third-order valence-corrected chi connectivity index (χ3v) is 8.39. The van der Waals surface area contributed by atoms with E-state index in [4.69, 9.17) is 9.47 Å². The van der Waals surface area contributed by atoms with Crippen LogP contribution < -0.4 is 0 Å². The van der Waals surface area contributed by atoms with Crippen molar-refractivity contribution in [1.29, 1.82) is 0 Å². The Bertz CT molecular complexity index is 692. The molecule has 0 radical (unpaired) electrons. The van der Waals surface area contributed by atoms with Gasteiger partial charge < -0.3 is 9.47 Å². The molecule has 6 atom stereocenters. The van der Waals surface area contributed by atoms with E-state index in [2.05, 4.69) is 19.9 Å². The number of rotatable bonds is 5. The van der Waals surface area contributed by atoms with Gasteiger partial charge in [0, 0.05) is 18.4 Å². The Morgan fingerprint density at radius 3 is 2.78 bits per heavy atom. The topological polar surface area (TPSA) is 52.6 Å². The maximum Gasteiger partial charge on any atom is 0.178 e. The molecule has 0 bridgehead atoms. The SMILES string of the molecule is COCOCC(=O)[C@H]1CC[C@H]2[C@@H]3CCC4=CC(=O)C=C[C@]4(C)[C@H]3CC[C@]12C. The van der Waals surface area contributed by atoms with Crippen molar-refractivity contribution in [2.24, 2.45) is 34.5 Å². The normalized spacial score (nSPS) is 42.9. The Labute approximate surface area is 162 Å². The van der Waals surface area contributed by atoms with Crippen LogP contribution in [0.2, 0.25) is 0 Å². The Morgan fingerprint density at radius 2 is 2.00 bits per heavy atom. The predicted molar refractivity (Wildman–Crippen MR) is 103 cm³/mol. The van der Waals surface area contributed by atoms with Crippen molar-refractivity contribution in [3.8, 4) is 0 Å². The van der Waals surface area contributed by atoms with Crippen LogP contribution in [0.1, 0.15) is 52.4 Å². The van der Waals surface area contributed by atoms with Crippen LogP contribution in [0.5, 0.6) is 0 Å². The average Bonchev–Trinajstić information content (AvgIpc) is 3.00. The molecule has 0 aromatic heterocycles. The molecule has 4 heteroatoms. The zero-order valence-electron chi connectivity index (χ0n) is 16.8. The van der Waals surface area contributed by atoms with Gasteiger partial charge in [0.25, 0.3) is 0 Å². The first-order chi connectivity index (χ1) is 12.9. The largest absolute Gasteiger partial charge is 0.359 e. The predicted octanol–water partition coefficient (Wildman–Crippen LogP) is 4.10. The lowest BCUT2D eigenvalue weighted by molar-refractivity contribution is -0.138. The van der Waals surface area contributed by atoms with E-state index in [0.29, 0.717) is 17.8 Å². The average molecular weight is 373 g/mol. The van der Waals surface area contributed by atoms with Crippen LogP contribution >= 0.6 is 0 Å². The molecule has 3 fully saturated rings. The van der Waals surface area contributed by atoms with Crippen molar-refractivity contribution in [3.63, 3.8) is 0 Å². The molecular formula is C23H32O4. The van der Waals surface area contributed by atoms with Crippen LogP contribution in [0.4, 0.5) is 0 Å². The zero-order chi connectivity index (χ0) is 19.2. The molecule has 27 heavy (non-hydrogen) atoms. The molecule has 0 N–H and O–H groups in total. The maximum absolute atomic E-state index is 12.8. The highest BCUT2D eigenvalue weighted by molar-refractivity contribution is 6.01. The van der Waals surface area contributed by atoms with Crippen LogP contribution in [-0.2, 0) is 19.1 Å². The van der Waals surface area contributed by atoms with Crippen LogP contribution in [0, 0.1) is 34.5 Å². The molecule has 0 unspecified atom stereocenters. The molecule has 0 saturated heterocycles. The van der Waals surface area contributed by atoms with E-state index in [1.54, 1.807) is 13.2 Å². The summed E-state index contributed by atoms with van der Waals surface area (Å²) in [7, 11) is 1.58. The third-order valence-electron chi connectivity index (χ3n) is 8.39. The Kier molecular flexibility index (Phi) is 4.92. The smallest absolute Gasteiger partial charge is 0.178 e. The van der Waals surface area contributed by atoms with E-state index in [1.165, 1.54) is 5.57 Å². The fourth-order valence-electron chi connectivity index (χ4n) is 7.05. The van der Waals surface area contributed by atoms with Gasteiger partial charge in [0.15, 0.2) is 11.6 Å². The molecule has 148 valence electrons. The summed E-state index contributed by atoms with van der Waals surface area (Å²) in [5.41, 5.74) is 1.46. The summed E-state index contributed by atoms with van der Waals surface area (Å²) in [5.74, 6) is 2.37. The highest BCUT2D eigenvalue weighted by atomic mass is 16.7. The van der Waals surface area contributed by atoms with Crippen LogP contribution in [0.15, 0.2) is 23.8 Å². The van der Waals surface area contributed by atoms with Gasteiger partial charge in [-0.15, -0.1) is 0 Å². The van der Waals surface area contributed by atoms with Crippen molar-refractivity contribution in [1.82, 2.24) is 0 Å². The number of carbonyl (C=O) groups is 2. The third kappa shape index (κ3) is 2.96. The lowest BCUT2D eigenvalue weighted by Crippen LogP contribution is -2.50. The van der Waals surface area contributed by atoms with Gasteiger partial charge in [-0.05, 0) is 73.8 Å². The van der Waals surface area contributed by atoms with Crippen molar-refractivity contribution >= 4 is 11.6 Å². The maximum atomic E-state index is 12.8. The molecule has 4 aliphatic carbocycles. The molecule has 4 aliphatic rings. The Morgan fingerprint density at radius 1 is 1.19 bits per heavy atom. The van der Waals surface area contributed by atoms with E-state index in [9.17, 15) is 9.59 Å². The van der Waals surface area contributed by atoms with E-state index >= 15 is 0 Å². The van der Waals surface area contributed by atoms with E-state index in [1.807, 2.05) is 6.08 Å². The second-order valence-electron chi connectivity index (χ2n) is 9.50. The molecule has 0 aliphatic heterocycles. The van der Waals surface area contributed by atoms with Gasteiger partial charge in [-0.3, -0.25) is 9.59 Å². The van der Waals surface area contributed by atoms with Crippen molar-refractivity contribution in [3.05, 3.63) is 23.8 Å². The summed E-state index contributed by atoms with van der Waals surface area (Å²) in [4.78, 5) is 24.7. The lowest BCUT2D eigenvalue weighted by Gasteiger charge is -2.56. The summed E-state index contributed by atoms with van der Waals surface area (Å²) < 4.78 is 10.3. The monoisotopic (exact) mass is 372 g/mol. The number of ether oxygens (including phenoxy) is 2. The van der Waals surface area contributed by atoms with Crippen molar-refractivity contribution < 1.29 is 19.1 Å². The minimum Gasteiger partial charge on any atom is -0.359 e. The Balaban J connectivity index is 1.54. The standard InChI is InChI=1S/C23H32O4/c1-22-10-8-16(24)12-15(22)4-5-17-18-6-7-20(21(25)13-27-14-26-3)23(18,2)11-9-19(17)22/h8,10,12,17-20H,4-7,9,11,13-14H2,1-3H3/t17-,18-,19-,20+,22-,23-/m0/s1. The molecule has 0 spiro atoms. The van der Waals surface area contributed by atoms with Crippen LogP contribution in [-0.4, -0.2) is 32.1 Å². The van der Waals surface area contributed by atoms with Crippen molar-refractivity contribution in [2.75, 3.05) is 20.5 Å². The summed E-state index contributed by atoms with van der Waals surface area (Å²) in [5, 5.41) is 0. The minimum atomic E-state index is 0.0296. The number of allylic oxidation sites excluding steroid dienone is 4. The fraction of sp³-hybridized carbons (Fsp3) is 0.739. The highest BCUT2D eigenvalue weighted by Crippen LogP contribution is 2.66. The zero-order valence-corrected chi connectivity index (χ0v) is 16.8. The van der Waals surface area contributed by atoms with E-state index in [0.717, 1.165) is 38.5 Å². The van der Waals surface area contributed by atoms with Gasteiger partial charge in [-0.1, -0.05) is 25.5 Å². The van der Waals surface area contributed by atoms with Gasteiger partial charge in [-0.25, -0.2) is 0 Å². The summed E-state index contributed by atoms with van der Waals surface area (Å²) >= 11 is 0. The summed E-state index contributed by atoms with van der Waals surface area (Å²) in [6.07, 6.45) is 12.4. The first-order valence-corrected chi connectivity index (χ1v) is 10.4. The number of carbonyl (C=O) groups excluding carboxylic acids is 2. The Hall–Kier alpha value is -1.26. The second-order valence-corrected chi connectivity index (χ2v) is 9.50. The molecule has 3 saturated carbocycles. The minimum absolute atomic E-state index is 0.0296. The molecule has 0 amide bonds.